The molecule has 1 unspecified atom stereocenters. The molecule has 1 amide bonds. The molecule has 1 atom stereocenters. The molecule has 1 fully saturated rings. The lowest BCUT2D eigenvalue weighted by Gasteiger charge is -2.23. The number of rotatable bonds is 5. The van der Waals surface area contributed by atoms with Crippen molar-refractivity contribution in [2.24, 2.45) is 0 Å². The number of nitrogens with one attached hydrogen (secondary N) is 1. The average molecular weight is 418 g/mol. The molecule has 0 saturated carbocycles. The summed E-state index contributed by atoms with van der Waals surface area (Å²) in [6, 6.07) is 7.56. The minimum atomic E-state index is -0.0731. The van der Waals surface area contributed by atoms with E-state index >= 15 is 0 Å². The lowest BCUT2D eigenvalue weighted by atomic mass is 10.1. The van der Waals surface area contributed by atoms with Crippen molar-refractivity contribution in [1.82, 2.24) is 20.0 Å². The monoisotopic (exact) mass is 416 g/mol. The molecule has 8 heteroatoms. The van der Waals surface area contributed by atoms with Gasteiger partial charge in [0.1, 0.15) is 5.69 Å². The van der Waals surface area contributed by atoms with Crippen molar-refractivity contribution in [1.29, 1.82) is 0 Å². The van der Waals surface area contributed by atoms with Crippen molar-refractivity contribution in [3.63, 3.8) is 0 Å². The van der Waals surface area contributed by atoms with Gasteiger partial charge < -0.3 is 10.2 Å². The fourth-order valence-electron chi connectivity index (χ4n) is 3.06. The van der Waals surface area contributed by atoms with E-state index in [1.807, 2.05) is 23.9 Å². The molecular formula is C18H23Cl3N4O. The zero-order valence-electron chi connectivity index (χ0n) is 14.6. The standard InChI is InChI=1S/C18H22Cl2N4O.ClH/c1-2-23(12-13-5-6-15(19)16(20)10-13)18(25)17-7-9-24(22-17)14-4-3-8-21-11-14;/h5-7,9-10,14,21H,2-4,8,11-12H2,1H3;1H. The van der Waals surface area contributed by atoms with Crippen LogP contribution in [0.5, 0.6) is 0 Å². The maximum Gasteiger partial charge on any atom is 0.274 e. The van der Waals surface area contributed by atoms with Crippen LogP contribution in [0.15, 0.2) is 30.5 Å². The third-order valence-electron chi connectivity index (χ3n) is 4.50. The van der Waals surface area contributed by atoms with E-state index in [0.29, 0.717) is 34.9 Å². The average Bonchev–Trinajstić information content (AvgIpc) is 3.13. The Labute approximate surface area is 170 Å². The van der Waals surface area contributed by atoms with Gasteiger partial charge >= 0.3 is 0 Å². The molecule has 142 valence electrons. The van der Waals surface area contributed by atoms with Crippen LogP contribution in [0.25, 0.3) is 0 Å². The number of hydrogen-bond acceptors (Lipinski definition) is 3. The lowest BCUT2D eigenvalue weighted by molar-refractivity contribution is 0.0745. The second kappa shape index (κ2) is 9.60. The molecule has 0 aliphatic carbocycles. The second-order valence-corrected chi connectivity index (χ2v) is 7.06. The highest BCUT2D eigenvalue weighted by Crippen LogP contribution is 2.23. The number of carbonyl (C=O) groups is 1. The number of carbonyl (C=O) groups excluding carboxylic acids is 1. The maximum absolute atomic E-state index is 12.8. The van der Waals surface area contributed by atoms with Crippen LogP contribution in [0.4, 0.5) is 0 Å². The summed E-state index contributed by atoms with van der Waals surface area (Å²) in [4.78, 5) is 14.6. The lowest BCUT2D eigenvalue weighted by Crippen LogP contribution is -2.33. The van der Waals surface area contributed by atoms with E-state index in [1.54, 1.807) is 23.1 Å². The summed E-state index contributed by atoms with van der Waals surface area (Å²) in [6.07, 6.45) is 4.12. The van der Waals surface area contributed by atoms with Gasteiger partial charge in [-0.05, 0) is 50.1 Å². The quantitative estimate of drug-likeness (QED) is 0.793. The summed E-state index contributed by atoms with van der Waals surface area (Å²) < 4.78 is 1.91. The molecule has 1 aromatic carbocycles. The Kier molecular flexibility index (Phi) is 7.77. The van der Waals surface area contributed by atoms with E-state index < -0.39 is 0 Å². The number of piperidine rings is 1. The van der Waals surface area contributed by atoms with Crippen molar-refractivity contribution in [3.05, 3.63) is 51.8 Å². The molecule has 1 saturated heterocycles. The number of halogens is 3. The fourth-order valence-corrected chi connectivity index (χ4v) is 3.38. The van der Waals surface area contributed by atoms with Gasteiger partial charge in [0.25, 0.3) is 5.91 Å². The van der Waals surface area contributed by atoms with Crippen LogP contribution in [0, 0.1) is 0 Å². The van der Waals surface area contributed by atoms with Crippen LogP contribution in [0.3, 0.4) is 0 Å². The summed E-state index contributed by atoms with van der Waals surface area (Å²) in [5.74, 6) is -0.0731. The number of aromatic nitrogens is 2. The summed E-state index contributed by atoms with van der Waals surface area (Å²) in [6.45, 7) is 4.98. The molecule has 0 spiro atoms. The number of benzene rings is 1. The van der Waals surface area contributed by atoms with Gasteiger partial charge in [-0.2, -0.15) is 5.10 Å². The van der Waals surface area contributed by atoms with E-state index in [4.69, 9.17) is 23.2 Å². The summed E-state index contributed by atoms with van der Waals surface area (Å²) in [7, 11) is 0. The highest BCUT2D eigenvalue weighted by molar-refractivity contribution is 6.42. The Morgan fingerprint density at radius 2 is 2.15 bits per heavy atom. The summed E-state index contributed by atoms with van der Waals surface area (Å²) in [5, 5.41) is 8.89. The summed E-state index contributed by atoms with van der Waals surface area (Å²) >= 11 is 12.0. The van der Waals surface area contributed by atoms with Crippen LogP contribution in [-0.2, 0) is 6.54 Å². The van der Waals surface area contributed by atoms with Gasteiger partial charge in [-0.25, -0.2) is 0 Å². The number of amides is 1. The van der Waals surface area contributed by atoms with Crippen molar-refractivity contribution in [2.45, 2.75) is 32.4 Å². The summed E-state index contributed by atoms with van der Waals surface area (Å²) in [5.41, 5.74) is 1.42. The van der Waals surface area contributed by atoms with Gasteiger partial charge in [-0.3, -0.25) is 9.48 Å². The van der Waals surface area contributed by atoms with E-state index in [1.165, 1.54) is 0 Å². The third kappa shape index (κ3) is 4.92. The van der Waals surface area contributed by atoms with Gasteiger partial charge in [-0.15, -0.1) is 12.4 Å². The second-order valence-electron chi connectivity index (χ2n) is 6.25. The molecule has 1 aliphatic rings. The molecule has 1 aliphatic heterocycles. The Balaban J connectivity index is 0.00000243. The first kappa shape index (κ1) is 21.0. The molecule has 2 heterocycles. The molecule has 26 heavy (non-hydrogen) atoms. The first-order chi connectivity index (χ1) is 12.1. The van der Waals surface area contributed by atoms with Gasteiger partial charge in [-0.1, -0.05) is 29.3 Å². The van der Waals surface area contributed by atoms with Crippen molar-refractivity contribution in [2.75, 3.05) is 19.6 Å². The van der Waals surface area contributed by atoms with Crippen LogP contribution in [-0.4, -0.2) is 40.2 Å². The molecule has 2 aromatic rings. The SMILES string of the molecule is CCN(Cc1ccc(Cl)c(Cl)c1)C(=O)c1ccn(C2CCCNC2)n1.Cl. The molecule has 3 rings (SSSR count). The fraction of sp³-hybridized carbons (Fsp3) is 0.444. The van der Waals surface area contributed by atoms with Crippen LogP contribution in [0.1, 0.15) is 41.9 Å². The zero-order chi connectivity index (χ0) is 17.8. The van der Waals surface area contributed by atoms with E-state index in [9.17, 15) is 4.79 Å². The molecule has 1 aromatic heterocycles. The van der Waals surface area contributed by atoms with Crippen molar-refractivity contribution < 1.29 is 4.79 Å². The van der Waals surface area contributed by atoms with E-state index in [-0.39, 0.29) is 18.3 Å². The number of hydrogen-bond donors (Lipinski definition) is 1. The molecular weight excluding hydrogens is 395 g/mol. The van der Waals surface area contributed by atoms with Crippen LogP contribution >= 0.6 is 35.6 Å². The first-order valence-corrected chi connectivity index (χ1v) is 9.33. The molecule has 1 N–H and O–H groups in total. The van der Waals surface area contributed by atoms with Crippen molar-refractivity contribution in [3.8, 4) is 0 Å². The van der Waals surface area contributed by atoms with Crippen LogP contribution < -0.4 is 5.32 Å². The Bertz CT molecular complexity index is 744. The first-order valence-electron chi connectivity index (χ1n) is 8.57. The van der Waals surface area contributed by atoms with E-state index in [0.717, 1.165) is 31.5 Å². The van der Waals surface area contributed by atoms with Gasteiger partial charge in [0, 0.05) is 25.8 Å². The highest BCUT2D eigenvalue weighted by atomic mass is 35.5. The van der Waals surface area contributed by atoms with Gasteiger partial charge in [0.15, 0.2) is 0 Å². The van der Waals surface area contributed by atoms with Crippen molar-refractivity contribution >= 4 is 41.5 Å². The predicted molar refractivity (Wildman–Crippen MR) is 107 cm³/mol. The molecule has 0 radical (unpaired) electrons. The largest absolute Gasteiger partial charge is 0.333 e. The Morgan fingerprint density at radius 3 is 2.81 bits per heavy atom. The maximum atomic E-state index is 12.8. The zero-order valence-corrected chi connectivity index (χ0v) is 16.9. The smallest absolute Gasteiger partial charge is 0.274 e. The molecule has 5 nitrogen and oxygen atoms in total. The predicted octanol–water partition coefficient (Wildman–Crippen LogP) is 4.20. The topological polar surface area (TPSA) is 50.2 Å². The van der Waals surface area contributed by atoms with Gasteiger partial charge in [0.05, 0.1) is 16.1 Å². The number of nitrogens with zero attached hydrogens (tertiary/aromatic N) is 3. The third-order valence-corrected chi connectivity index (χ3v) is 5.24. The Hall–Kier alpha value is -1.27. The van der Waals surface area contributed by atoms with Crippen LogP contribution in [0.2, 0.25) is 10.0 Å². The van der Waals surface area contributed by atoms with E-state index in [2.05, 4.69) is 10.4 Å². The minimum Gasteiger partial charge on any atom is -0.333 e. The highest BCUT2D eigenvalue weighted by Gasteiger charge is 2.21. The molecule has 0 bridgehead atoms. The van der Waals surface area contributed by atoms with Gasteiger partial charge in [0.2, 0.25) is 0 Å². The minimum absolute atomic E-state index is 0. The Morgan fingerprint density at radius 1 is 1.35 bits per heavy atom. The normalized spacial score (nSPS) is 16.8.